The number of halogens is 3. The van der Waals surface area contributed by atoms with Gasteiger partial charge in [-0.3, -0.25) is 0 Å². The van der Waals surface area contributed by atoms with Crippen molar-refractivity contribution in [1.29, 1.82) is 0 Å². The van der Waals surface area contributed by atoms with Crippen molar-refractivity contribution >= 4 is 17.5 Å². The summed E-state index contributed by atoms with van der Waals surface area (Å²) in [5.74, 6) is 1.59. The molecule has 6 nitrogen and oxygen atoms in total. The number of rotatable bonds is 5. The standard InChI is InChI=1S/C20H24F3N5O/c1-14-8-10-28(11-9-14)18-7-2-15(12-25-18)13-26-19(24)27-16-3-5-17(6-4-16)29-20(21,22)23/h2-7,12,14H,8-11,13H2,1H3,(H3,24,26,27). The molecule has 1 aliphatic heterocycles. The number of aliphatic imine (C=N–C) groups is 1. The zero-order chi connectivity index (χ0) is 20.9. The molecule has 9 heteroatoms. The smallest absolute Gasteiger partial charge is 0.406 e. The van der Waals surface area contributed by atoms with Gasteiger partial charge in [0.05, 0.1) is 6.54 Å². The van der Waals surface area contributed by atoms with Crippen molar-refractivity contribution in [2.75, 3.05) is 23.3 Å². The summed E-state index contributed by atoms with van der Waals surface area (Å²) in [4.78, 5) is 11.0. The van der Waals surface area contributed by atoms with Crippen molar-refractivity contribution in [3.63, 3.8) is 0 Å². The molecule has 156 valence electrons. The van der Waals surface area contributed by atoms with E-state index in [0.29, 0.717) is 12.2 Å². The van der Waals surface area contributed by atoms with Crippen LogP contribution in [0.25, 0.3) is 0 Å². The van der Waals surface area contributed by atoms with Gasteiger partial charge in [-0.2, -0.15) is 0 Å². The molecule has 0 aliphatic carbocycles. The summed E-state index contributed by atoms with van der Waals surface area (Å²) in [7, 11) is 0. The van der Waals surface area contributed by atoms with Crippen molar-refractivity contribution in [3.8, 4) is 5.75 Å². The molecule has 3 rings (SSSR count). The van der Waals surface area contributed by atoms with Gasteiger partial charge in [0, 0.05) is 25.0 Å². The third-order valence-corrected chi connectivity index (χ3v) is 4.71. The van der Waals surface area contributed by atoms with Crippen molar-refractivity contribution in [2.45, 2.75) is 32.7 Å². The Kier molecular flexibility index (Phi) is 6.46. The maximum Gasteiger partial charge on any atom is 0.573 e. The van der Waals surface area contributed by atoms with Crippen LogP contribution in [0.2, 0.25) is 0 Å². The highest BCUT2D eigenvalue weighted by Crippen LogP contribution is 2.24. The Bertz CT molecular complexity index is 814. The zero-order valence-electron chi connectivity index (χ0n) is 16.1. The van der Waals surface area contributed by atoms with Crippen LogP contribution in [0.1, 0.15) is 25.3 Å². The summed E-state index contributed by atoms with van der Waals surface area (Å²) in [6, 6.07) is 9.23. The third-order valence-electron chi connectivity index (χ3n) is 4.71. The number of pyridine rings is 1. The first-order valence-corrected chi connectivity index (χ1v) is 9.41. The highest BCUT2D eigenvalue weighted by atomic mass is 19.4. The van der Waals surface area contributed by atoms with Crippen LogP contribution in [0.5, 0.6) is 5.75 Å². The Balaban J connectivity index is 1.51. The number of piperidine rings is 1. The van der Waals surface area contributed by atoms with Gasteiger partial charge in [0.1, 0.15) is 11.6 Å². The molecule has 1 aliphatic rings. The van der Waals surface area contributed by atoms with Gasteiger partial charge in [0.2, 0.25) is 0 Å². The average molecular weight is 407 g/mol. The molecule has 1 aromatic carbocycles. The normalized spacial score (nSPS) is 16.0. The lowest BCUT2D eigenvalue weighted by atomic mass is 9.99. The van der Waals surface area contributed by atoms with Crippen LogP contribution >= 0.6 is 0 Å². The number of alkyl halides is 3. The summed E-state index contributed by atoms with van der Waals surface area (Å²) in [6.45, 7) is 4.66. The minimum atomic E-state index is -4.72. The maximum atomic E-state index is 12.2. The molecule has 29 heavy (non-hydrogen) atoms. The van der Waals surface area contributed by atoms with E-state index in [0.717, 1.165) is 30.4 Å². The van der Waals surface area contributed by atoms with E-state index in [-0.39, 0.29) is 11.7 Å². The van der Waals surface area contributed by atoms with Crippen molar-refractivity contribution in [2.24, 2.45) is 16.6 Å². The Morgan fingerprint density at radius 2 is 1.90 bits per heavy atom. The molecule has 0 atom stereocenters. The second-order valence-electron chi connectivity index (χ2n) is 7.09. The molecule has 1 aromatic heterocycles. The number of nitrogens with one attached hydrogen (secondary N) is 1. The van der Waals surface area contributed by atoms with Gasteiger partial charge in [-0.1, -0.05) is 13.0 Å². The van der Waals surface area contributed by atoms with Gasteiger partial charge >= 0.3 is 6.36 Å². The van der Waals surface area contributed by atoms with Gasteiger partial charge in [0.25, 0.3) is 0 Å². The minimum absolute atomic E-state index is 0.156. The second kappa shape index (κ2) is 9.02. The first kappa shape index (κ1) is 20.8. The van der Waals surface area contributed by atoms with Gasteiger partial charge in [-0.25, -0.2) is 9.98 Å². The van der Waals surface area contributed by atoms with E-state index in [1.54, 1.807) is 6.20 Å². The first-order chi connectivity index (χ1) is 13.8. The predicted molar refractivity (Wildman–Crippen MR) is 107 cm³/mol. The maximum absolute atomic E-state index is 12.2. The van der Waals surface area contributed by atoms with Gasteiger partial charge in [-0.15, -0.1) is 13.2 Å². The van der Waals surface area contributed by atoms with E-state index in [9.17, 15) is 13.2 Å². The fourth-order valence-corrected chi connectivity index (χ4v) is 3.04. The van der Waals surface area contributed by atoms with E-state index in [4.69, 9.17) is 5.73 Å². The summed E-state index contributed by atoms with van der Waals surface area (Å²) in [6.07, 6.45) is -0.572. The van der Waals surface area contributed by atoms with Gasteiger partial charge in [-0.05, 0) is 54.7 Å². The quantitative estimate of drug-likeness (QED) is 0.575. The second-order valence-corrected chi connectivity index (χ2v) is 7.09. The summed E-state index contributed by atoms with van der Waals surface area (Å²) >= 11 is 0. The molecule has 3 N–H and O–H groups in total. The van der Waals surface area contributed by atoms with Crippen LogP contribution in [0.15, 0.2) is 47.6 Å². The molecule has 2 aromatic rings. The van der Waals surface area contributed by atoms with E-state index >= 15 is 0 Å². The Morgan fingerprint density at radius 1 is 1.21 bits per heavy atom. The largest absolute Gasteiger partial charge is 0.573 e. The SMILES string of the molecule is CC1CCN(c2ccc(CN=C(N)Nc3ccc(OC(F)(F)F)cc3)cn2)CC1. The monoisotopic (exact) mass is 407 g/mol. The van der Waals surface area contributed by atoms with Crippen molar-refractivity contribution in [3.05, 3.63) is 48.2 Å². The van der Waals surface area contributed by atoms with E-state index in [1.807, 2.05) is 12.1 Å². The zero-order valence-corrected chi connectivity index (χ0v) is 16.1. The number of nitrogens with zero attached hydrogens (tertiary/aromatic N) is 3. The van der Waals surface area contributed by atoms with Crippen molar-refractivity contribution < 1.29 is 17.9 Å². The lowest BCUT2D eigenvalue weighted by molar-refractivity contribution is -0.274. The molecule has 1 fully saturated rings. The van der Waals surface area contributed by atoms with Gasteiger partial charge < -0.3 is 20.7 Å². The van der Waals surface area contributed by atoms with E-state index in [1.165, 1.54) is 37.1 Å². The fraction of sp³-hybridized carbons (Fsp3) is 0.400. The van der Waals surface area contributed by atoms with Gasteiger partial charge in [0.15, 0.2) is 5.96 Å². The van der Waals surface area contributed by atoms with Crippen LogP contribution in [0.3, 0.4) is 0 Å². The van der Waals surface area contributed by atoms with E-state index < -0.39 is 6.36 Å². The summed E-state index contributed by atoms with van der Waals surface area (Å²) in [5.41, 5.74) is 7.27. The molecule has 0 amide bonds. The van der Waals surface area contributed by atoms with Crippen LogP contribution in [-0.4, -0.2) is 30.4 Å². The Labute approximate surface area is 167 Å². The topological polar surface area (TPSA) is 75.8 Å². The summed E-state index contributed by atoms with van der Waals surface area (Å²) < 4.78 is 40.4. The highest BCUT2D eigenvalue weighted by molar-refractivity contribution is 5.92. The lowest BCUT2D eigenvalue weighted by Crippen LogP contribution is -2.33. The molecular formula is C20H24F3N5O. The molecule has 0 unspecified atom stereocenters. The summed E-state index contributed by atoms with van der Waals surface area (Å²) in [5, 5.41) is 2.83. The third kappa shape index (κ3) is 6.55. The van der Waals surface area contributed by atoms with Crippen molar-refractivity contribution in [1.82, 2.24) is 4.98 Å². The average Bonchev–Trinajstić information content (AvgIpc) is 2.68. The minimum Gasteiger partial charge on any atom is -0.406 e. The van der Waals surface area contributed by atoms with Crippen LogP contribution in [0, 0.1) is 5.92 Å². The highest BCUT2D eigenvalue weighted by Gasteiger charge is 2.30. The number of benzene rings is 1. The number of hydrogen-bond donors (Lipinski definition) is 2. The Morgan fingerprint density at radius 3 is 2.48 bits per heavy atom. The number of ether oxygens (including phenoxy) is 1. The number of nitrogens with two attached hydrogens (primary N) is 1. The molecular weight excluding hydrogens is 383 g/mol. The molecule has 0 radical (unpaired) electrons. The van der Waals surface area contributed by atoms with Crippen LogP contribution in [-0.2, 0) is 6.54 Å². The molecule has 0 saturated carbocycles. The molecule has 0 bridgehead atoms. The lowest BCUT2D eigenvalue weighted by Gasteiger charge is -2.31. The number of aromatic nitrogens is 1. The molecule has 1 saturated heterocycles. The molecule has 2 heterocycles. The Hall–Kier alpha value is -2.97. The number of anilines is 2. The van der Waals surface area contributed by atoms with Crippen LogP contribution in [0.4, 0.5) is 24.7 Å². The molecule has 0 spiro atoms. The van der Waals surface area contributed by atoms with Crippen LogP contribution < -0.4 is 20.7 Å². The number of hydrogen-bond acceptors (Lipinski definition) is 4. The fourth-order valence-electron chi connectivity index (χ4n) is 3.04. The predicted octanol–water partition coefficient (Wildman–Crippen LogP) is 4.14. The number of guanidine groups is 1. The van der Waals surface area contributed by atoms with E-state index in [2.05, 4.69) is 31.9 Å². The first-order valence-electron chi connectivity index (χ1n) is 9.41.